The van der Waals surface area contributed by atoms with Gasteiger partial charge in [0.2, 0.25) is 0 Å². The molecule has 0 saturated carbocycles. The van der Waals surface area contributed by atoms with Crippen molar-refractivity contribution in [1.82, 2.24) is 4.98 Å². The second-order valence-corrected chi connectivity index (χ2v) is 2.79. The molecule has 1 rings (SSSR count). The normalized spacial score (nSPS) is 12.2. The van der Waals surface area contributed by atoms with Gasteiger partial charge in [-0.05, 0) is 0 Å². The molecule has 78 valence electrons. The van der Waals surface area contributed by atoms with Gasteiger partial charge in [0.15, 0.2) is 0 Å². The molecule has 0 amide bonds. The molecule has 0 radical (unpaired) electrons. The molecule has 1 aromatic rings. The molecule has 0 atom stereocenters. The number of rotatable bonds is 1. The summed E-state index contributed by atoms with van der Waals surface area (Å²) in [6.07, 6.45) is -7.07. The van der Waals surface area contributed by atoms with Crippen LogP contribution >= 0.6 is 11.6 Å². The second-order valence-electron chi connectivity index (χ2n) is 2.38. The largest absolute Gasteiger partial charge is 0.418 e. The highest BCUT2D eigenvalue weighted by atomic mass is 35.5. The van der Waals surface area contributed by atoms with E-state index < -0.39 is 28.8 Å². The Labute approximate surface area is 80.5 Å². The number of hydrogen-bond acceptors (Lipinski definition) is 1. The van der Waals surface area contributed by atoms with Gasteiger partial charge in [0.1, 0.15) is 0 Å². The van der Waals surface area contributed by atoms with Gasteiger partial charge in [0.25, 0.3) is 6.43 Å². The van der Waals surface area contributed by atoms with Crippen molar-refractivity contribution in [3.8, 4) is 0 Å². The number of hydrogen-bond donors (Lipinski definition) is 0. The lowest BCUT2D eigenvalue weighted by Crippen LogP contribution is -2.10. The van der Waals surface area contributed by atoms with Crippen molar-refractivity contribution < 1.29 is 22.0 Å². The molecule has 7 heteroatoms. The highest BCUT2D eigenvalue weighted by Gasteiger charge is 2.37. The zero-order valence-corrected chi connectivity index (χ0v) is 7.20. The Hall–Kier alpha value is -0.910. The Bertz CT molecular complexity index is 335. The van der Waals surface area contributed by atoms with Crippen LogP contribution in [0.15, 0.2) is 12.4 Å². The maximum atomic E-state index is 12.2. The summed E-state index contributed by atoms with van der Waals surface area (Å²) in [4.78, 5) is 3.11. The number of pyridine rings is 1. The lowest BCUT2D eigenvalue weighted by molar-refractivity contribution is -0.139. The quantitative estimate of drug-likeness (QED) is 0.672. The van der Waals surface area contributed by atoms with Gasteiger partial charge in [-0.1, -0.05) is 11.6 Å². The minimum atomic E-state index is -4.87. The minimum absolute atomic E-state index is 0.327. The third-order valence-electron chi connectivity index (χ3n) is 1.46. The molecule has 0 N–H and O–H groups in total. The molecule has 1 heterocycles. The lowest BCUT2D eigenvalue weighted by Gasteiger charge is -2.12. The molecule has 0 unspecified atom stereocenters. The van der Waals surface area contributed by atoms with E-state index in [1.165, 1.54) is 0 Å². The van der Waals surface area contributed by atoms with Crippen LogP contribution in [0.4, 0.5) is 22.0 Å². The summed E-state index contributed by atoms with van der Waals surface area (Å²) in [5.41, 5.74) is -2.73. The zero-order chi connectivity index (χ0) is 10.9. The molecule has 0 aliphatic heterocycles. The van der Waals surface area contributed by atoms with Gasteiger partial charge in [-0.3, -0.25) is 4.98 Å². The summed E-state index contributed by atoms with van der Waals surface area (Å²) in [7, 11) is 0. The van der Waals surface area contributed by atoms with Crippen molar-refractivity contribution in [2.45, 2.75) is 12.6 Å². The van der Waals surface area contributed by atoms with Gasteiger partial charge in [0.05, 0.1) is 16.1 Å². The number of aromatic nitrogens is 1. The van der Waals surface area contributed by atoms with Crippen LogP contribution in [-0.4, -0.2) is 4.98 Å². The fourth-order valence-electron chi connectivity index (χ4n) is 0.893. The maximum Gasteiger partial charge on any atom is 0.418 e. The average molecular weight is 232 g/mol. The monoisotopic (exact) mass is 231 g/mol. The first-order chi connectivity index (χ1) is 6.34. The van der Waals surface area contributed by atoms with Crippen molar-refractivity contribution in [3.05, 3.63) is 28.5 Å². The van der Waals surface area contributed by atoms with E-state index in [1.54, 1.807) is 0 Å². The van der Waals surface area contributed by atoms with Crippen LogP contribution in [-0.2, 0) is 6.18 Å². The molecule has 0 spiro atoms. The van der Waals surface area contributed by atoms with Gasteiger partial charge >= 0.3 is 6.18 Å². The summed E-state index contributed by atoms with van der Waals surface area (Å²) < 4.78 is 60.9. The molecular weight excluding hydrogens is 229 g/mol. The molecular formula is C7H3ClF5N. The van der Waals surface area contributed by atoms with Gasteiger partial charge in [-0.15, -0.1) is 0 Å². The molecule has 0 aliphatic rings. The van der Waals surface area contributed by atoms with Crippen molar-refractivity contribution in [2.24, 2.45) is 0 Å². The lowest BCUT2D eigenvalue weighted by atomic mass is 10.1. The van der Waals surface area contributed by atoms with Gasteiger partial charge in [-0.2, -0.15) is 13.2 Å². The Morgan fingerprint density at radius 3 is 2.14 bits per heavy atom. The second kappa shape index (κ2) is 3.68. The van der Waals surface area contributed by atoms with E-state index in [9.17, 15) is 22.0 Å². The van der Waals surface area contributed by atoms with E-state index in [2.05, 4.69) is 4.98 Å². The van der Waals surface area contributed by atoms with E-state index >= 15 is 0 Å². The fourth-order valence-corrected chi connectivity index (χ4v) is 1.13. The summed E-state index contributed by atoms with van der Waals surface area (Å²) in [5.74, 6) is 0. The number of nitrogens with zero attached hydrogens (tertiary/aromatic N) is 1. The van der Waals surface area contributed by atoms with Crippen LogP contribution in [0.1, 0.15) is 17.6 Å². The summed E-state index contributed by atoms with van der Waals surface area (Å²) in [6, 6.07) is 0. The minimum Gasteiger partial charge on any atom is -0.263 e. The van der Waals surface area contributed by atoms with E-state index in [-0.39, 0.29) is 0 Å². The smallest absolute Gasteiger partial charge is 0.263 e. The molecule has 0 saturated heterocycles. The molecule has 0 fully saturated rings. The Morgan fingerprint density at radius 2 is 1.79 bits per heavy atom. The predicted molar refractivity (Wildman–Crippen MR) is 39.2 cm³/mol. The zero-order valence-electron chi connectivity index (χ0n) is 6.45. The van der Waals surface area contributed by atoms with Crippen LogP contribution in [0.5, 0.6) is 0 Å². The van der Waals surface area contributed by atoms with Crippen LogP contribution in [0, 0.1) is 0 Å². The average Bonchev–Trinajstić information content (AvgIpc) is 2.01. The first-order valence-electron chi connectivity index (χ1n) is 3.32. The van der Waals surface area contributed by atoms with Gasteiger partial charge < -0.3 is 0 Å². The van der Waals surface area contributed by atoms with E-state index in [0.717, 1.165) is 6.20 Å². The summed E-state index contributed by atoms with van der Waals surface area (Å²) in [6.45, 7) is 0. The highest BCUT2D eigenvalue weighted by molar-refractivity contribution is 6.31. The van der Waals surface area contributed by atoms with Crippen LogP contribution in [0.25, 0.3) is 0 Å². The molecule has 0 bridgehead atoms. The SMILES string of the molecule is FC(F)c1c(Cl)cncc1C(F)(F)F. The first-order valence-corrected chi connectivity index (χ1v) is 3.70. The van der Waals surface area contributed by atoms with Crippen LogP contribution in [0.3, 0.4) is 0 Å². The van der Waals surface area contributed by atoms with Gasteiger partial charge in [0, 0.05) is 12.4 Å². The maximum absolute atomic E-state index is 12.2. The fraction of sp³-hybridized carbons (Fsp3) is 0.286. The molecule has 0 aliphatic carbocycles. The third-order valence-corrected chi connectivity index (χ3v) is 1.76. The van der Waals surface area contributed by atoms with Gasteiger partial charge in [-0.25, -0.2) is 8.78 Å². The molecule has 14 heavy (non-hydrogen) atoms. The van der Waals surface area contributed by atoms with E-state index in [4.69, 9.17) is 11.6 Å². The Balaban J connectivity index is 3.36. The third kappa shape index (κ3) is 2.12. The summed E-state index contributed by atoms with van der Waals surface area (Å²) in [5, 5.41) is -0.685. The first kappa shape index (κ1) is 11.2. The van der Waals surface area contributed by atoms with Crippen molar-refractivity contribution >= 4 is 11.6 Å². The summed E-state index contributed by atoms with van der Waals surface area (Å²) >= 11 is 5.19. The highest BCUT2D eigenvalue weighted by Crippen LogP contribution is 2.38. The Morgan fingerprint density at radius 1 is 1.21 bits per heavy atom. The standard InChI is InChI=1S/C7H3ClF5N/c8-4-2-14-1-3(7(11,12)13)5(4)6(9)10/h1-2,6H. The van der Waals surface area contributed by atoms with Crippen molar-refractivity contribution in [1.29, 1.82) is 0 Å². The molecule has 1 aromatic heterocycles. The van der Waals surface area contributed by atoms with Crippen molar-refractivity contribution in [2.75, 3.05) is 0 Å². The van der Waals surface area contributed by atoms with E-state index in [1.807, 2.05) is 0 Å². The number of halogens is 6. The predicted octanol–water partition coefficient (Wildman–Crippen LogP) is 3.69. The Kier molecular flexibility index (Phi) is 2.94. The van der Waals surface area contributed by atoms with Crippen molar-refractivity contribution in [3.63, 3.8) is 0 Å². The topological polar surface area (TPSA) is 12.9 Å². The molecule has 0 aromatic carbocycles. The molecule has 1 nitrogen and oxygen atoms in total. The van der Waals surface area contributed by atoms with Crippen LogP contribution < -0.4 is 0 Å². The van der Waals surface area contributed by atoms with Crippen LogP contribution in [0.2, 0.25) is 5.02 Å². The number of alkyl halides is 5. The van der Waals surface area contributed by atoms with E-state index in [0.29, 0.717) is 6.20 Å².